The van der Waals surface area contributed by atoms with Gasteiger partial charge in [0.05, 0.1) is 0 Å². The molecule has 1 aromatic carbocycles. The van der Waals surface area contributed by atoms with Crippen LogP contribution in [0.15, 0.2) is 54.6 Å². The van der Waals surface area contributed by atoms with Crippen molar-refractivity contribution >= 4 is 11.9 Å². The first kappa shape index (κ1) is 14.7. The molecule has 0 N–H and O–H groups in total. The minimum atomic E-state index is -0.526. The van der Waals surface area contributed by atoms with Crippen molar-refractivity contribution in [2.24, 2.45) is 0 Å². The summed E-state index contributed by atoms with van der Waals surface area (Å²) in [6, 6.07) is 9.39. The molecule has 0 bridgehead atoms. The highest BCUT2D eigenvalue weighted by atomic mass is 16.5. The third-order valence-corrected chi connectivity index (χ3v) is 2.32. The van der Waals surface area contributed by atoms with Gasteiger partial charge in [-0.1, -0.05) is 36.9 Å². The first-order valence-corrected chi connectivity index (χ1v) is 5.80. The summed E-state index contributed by atoms with van der Waals surface area (Å²) in [6.45, 7) is 5.12. The molecule has 0 heterocycles. The summed E-state index contributed by atoms with van der Waals surface area (Å²) in [6.07, 6.45) is 2.56. The van der Waals surface area contributed by atoms with E-state index < -0.39 is 11.9 Å². The highest BCUT2D eigenvalue weighted by molar-refractivity contribution is 5.87. The smallest absolute Gasteiger partial charge is 0.333 e. The van der Waals surface area contributed by atoms with Gasteiger partial charge in [-0.15, -0.1) is 0 Å². The zero-order valence-electron chi connectivity index (χ0n) is 10.8. The van der Waals surface area contributed by atoms with Crippen LogP contribution in [0.25, 0.3) is 0 Å². The van der Waals surface area contributed by atoms with Crippen molar-refractivity contribution in [1.82, 2.24) is 0 Å². The molecule has 0 unspecified atom stereocenters. The highest BCUT2D eigenvalue weighted by Crippen LogP contribution is 2.04. The molecule has 0 saturated carbocycles. The lowest BCUT2D eigenvalue weighted by Gasteiger charge is -2.05. The van der Waals surface area contributed by atoms with Crippen LogP contribution < -0.4 is 0 Å². The molecule has 0 radical (unpaired) electrons. The molecule has 4 nitrogen and oxygen atoms in total. The van der Waals surface area contributed by atoms with E-state index in [4.69, 9.17) is 9.47 Å². The number of esters is 2. The summed E-state index contributed by atoms with van der Waals surface area (Å²) < 4.78 is 9.84. The van der Waals surface area contributed by atoms with Gasteiger partial charge in [-0.3, -0.25) is 0 Å². The molecule has 100 valence electrons. The molecule has 0 amide bonds. The van der Waals surface area contributed by atoms with Crippen LogP contribution in [-0.2, 0) is 25.7 Å². The number of hydrogen-bond donors (Lipinski definition) is 0. The zero-order chi connectivity index (χ0) is 14.1. The van der Waals surface area contributed by atoms with E-state index >= 15 is 0 Å². The van der Waals surface area contributed by atoms with Crippen LogP contribution in [0, 0.1) is 0 Å². The van der Waals surface area contributed by atoms with Crippen LogP contribution in [0.5, 0.6) is 0 Å². The van der Waals surface area contributed by atoms with Crippen LogP contribution in [0.4, 0.5) is 0 Å². The lowest BCUT2D eigenvalue weighted by atomic mass is 10.2. The molecule has 1 rings (SSSR count). The van der Waals surface area contributed by atoms with Crippen molar-refractivity contribution in [3.63, 3.8) is 0 Å². The number of benzene rings is 1. The fraction of sp³-hybridized carbons (Fsp3) is 0.200. The maximum Gasteiger partial charge on any atom is 0.333 e. The molecule has 0 atom stereocenters. The summed E-state index contributed by atoms with van der Waals surface area (Å²) >= 11 is 0. The maximum atomic E-state index is 11.6. The number of hydrogen-bond acceptors (Lipinski definition) is 4. The van der Waals surface area contributed by atoms with Crippen molar-refractivity contribution in [3.8, 4) is 0 Å². The average Bonchev–Trinajstić information content (AvgIpc) is 2.45. The van der Waals surface area contributed by atoms with E-state index in [0.717, 1.165) is 11.6 Å². The summed E-state index contributed by atoms with van der Waals surface area (Å²) in [7, 11) is 0. The predicted molar refractivity (Wildman–Crippen MR) is 71.2 cm³/mol. The number of carbonyl (C=O) groups is 2. The van der Waals surface area contributed by atoms with Crippen LogP contribution in [-0.4, -0.2) is 18.5 Å². The normalized spacial score (nSPS) is 10.7. The Labute approximate surface area is 112 Å². The number of rotatable bonds is 6. The molecule has 4 heteroatoms. The lowest BCUT2D eigenvalue weighted by Crippen LogP contribution is -2.07. The van der Waals surface area contributed by atoms with Gasteiger partial charge in [-0.2, -0.15) is 0 Å². The molecule has 1 aromatic rings. The van der Waals surface area contributed by atoms with Gasteiger partial charge in [0.15, 0.2) is 0 Å². The van der Waals surface area contributed by atoms with E-state index in [1.165, 1.54) is 6.08 Å². The zero-order valence-corrected chi connectivity index (χ0v) is 10.8. The standard InChI is InChI=1S/C15H16O4/c1-3-14(16)18-10-9-12(2)15(17)19-11-13-7-5-4-6-8-13/h3-9H,1,10-11H2,2H3. The topological polar surface area (TPSA) is 52.6 Å². The maximum absolute atomic E-state index is 11.6. The van der Waals surface area contributed by atoms with Gasteiger partial charge in [0.1, 0.15) is 13.2 Å². The molecule has 0 saturated heterocycles. The quantitative estimate of drug-likeness (QED) is 0.582. The Morgan fingerprint density at radius 3 is 2.53 bits per heavy atom. The van der Waals surface area contributed by atoms with E-state index in [9.17, 15) is 9.59 Å². The SMILES string of the molecule is C=CC(=O)OCC=C(C)C(=O)OCc1ccccc1. The van der Waals surface area contributed by atoms with Crippen molar-refractivity contribution in [1.29, 1.82) is 0 Å². The van der Waals surface area contributed by atoms with Crippen LogP contribution in [0.3, 0.4) is 0 Å². The molecule has 0 aromatic heterocycles. The van der Waals surface area contributed by atoms with Gasteiger partial charge in [0, 0.05) is 11.6 Å². The molecule has 0 fully saturated rings. The van der Waals surface area contributed by atoms with Gasteiger partial charge >= 0.3 is 11.9 Å². The molecule has 19 heavy (non-hydrogen) atoms. The summed E-state index contributed by atoms with van der Waals surface area (Å²) in [5.74, 6) is -0.958. The van der Waals surface area contributed by atoms with Crippen LogP contribution in [0.1, 0.15) is 12.5 Å². The van der Waals surface area contributed by atoms with E-state index in [1.54, 1.807) is 6.92 Å². The van der Waals surface area contributed by atoms with E-state index in [1.807, 2.05) is 30.3 Å². The van der Waals surface area contributed by atoms with Gasteiger partial charge in [0.25, 0.3) is 0 Å². The molecular weight excluding hydrogens is 244 g/mol. The predicted octanol–water partition coefficient (Wildman–Crippen LogP) is 2.41. The third kappa shape index (κ3) is 5.68. The monoisotopic (exact) mass is 260 g/mol. The second-order valence-electron chi connectivity index (χ2n) is 3.78. The Balaban J connectivity index is 2.38. The van der Waals surface area contributed by atoms with Gasteiger partial charge in [-0.05, 0) is 18.6 Å². The third-order valence-electron chi connectivity index (χ3n) is 2.32. The van der Waals surface area contributed by atoms with E-state index in [0.29, 0.717) is 5.57 Å². The fourth-order valence-electron chi connectivity index (χ4n) is 1.23. The van der Waals surface area contributed by atoms with Crippen molar-refractivity contribution in [2.45, 2.75) is 13.5 Å². The van der Waals surface area contributed by atoms with Crippen molar-refractivity contribution in [2.75, 3.05) is 6.61 Å². The summed E-state index contributed by atoms with van der Waals surface area (Å²) in [4.78, 5) is 22.4. The van der Waals surface area contributed by atoms with Crippen molar-refractivity contribution < 1.29 is 19.1 Å². The minimum absolute atomic E-state index is 0.0249. The van der Waals surface area contributed by atoms with Gasteiger partial charge in [0.2, 0.25) is 0 Å². The Bertz CT molecular complexity index is 474. The van der Waals surface area contributed by atoms with Crippen LogP contribution in [0.2, 0.25) is 0 Å². The van der Waals surface area contributed by atoms with Gasteiger partial charge in [-0.25, -0.2) is 9.59 Å². The Hall–Kier alpha value is -2.36. The fourth-order valence-corrected chi connectivity index (χ4v) is 1.23. The Morgan fingerprint density at radius 2 is 1.89 bits per heavy atom. The first-order chi connectivity index (χ1) is 9.13. The second-order valence-corrected chi connectivity index (χ2v) is 3.78. The summed E-state index contributed by atoms with van der Waals surface area (Å²) in [5, 5.41) is 0. The number of ether oxygens (including phenoxy) is 2. The van der Waals surface area contributed by atoms with E-state index in [2.05, 4.69) is 6.58 Å². The van der Waals surface area contributed by atoms with E-state index in [-0.39, 0.29) is 13.2 Å². The van der Waals surface area contributed by atoms with Crippen molar-refractivity contribution in [3.05, 3.63) is 60.2 Å². The van der Waals surface area contributed by atoms with Gasteiger partial charge < -0.3 is 9.47 Å². The molecule has 0 aliphatic rings. The largest absolute Gasteiger partial charge is 0.458 e. The minimum Gasteiger partial charge on any atom is -0.458 e. The molecule has 0 aliphatic carbocycles. The number of carbonyl (C=O) groups excluding carboxylic acids is 2. The lowest BCUT2D eigenvalue weighted by molar-refractivity contribution is -0.141. The average molecular weight is 260 g/mol. The Morgan fingerprint density at radius 1 is 1.21 bits per heavy atom. The molecule has 0 aliphatic heterocycles. The highest BCUT2D eigenvalue weighted by Gasteiger charge is 2.06. The summed E-state index contributed by atoms with van der Waals surface area (Å²) in [5.41, 5.74) is 1.31. The first-order valence-electron chi connectivity index (χ1n) is 5.80. The molecule has 0 spiro atoms. The van der Waals surface area contributed by atoms with Crippen LogP contribution >= 0.6 is 0 Å². The molecular formula is C15H16O4. The Kier molecular flexibility index (Phi) is 6.09. The second kappa shape index (κ2) is 7.87.